The van der Waals surface area contributed by atoms with E-state index in [0.29, 0.717) is 24.3 Å². The Morgan fingerprint density at radius 2 is 1.69 bits per heavy atom. The van der Waals surface area contributed by atoms with E-state index >= 15 is 0 Å². The number of carbonyl (C=O) groups is 1. The minimum Gasteiger partial charge on any atom is -0.454 e. The average Bonchev–Trinajstić information content (AvgIpc) is 3.16. The summed E-state index contributed by atoms with van der Waals surface area (Å²) >= 11 is 0. The van der Waals surface area contributed by atoms with Gasteiger partial charge < -0.3 is 20.1 Å². The van der Waals surface area contributed by atoms with Crippen LogP contribution in [0.25, 0.3) is 0 Å². The van der Waals surface area contributed by atoms with Crippen molar-refractivity contribution in [2.24, 2.45) is 0 Å². The maximum Gasteiger partial charge on any atom is 0.319 e. The van der Waals surface area contributed by atoms with E-state index in [-0.39, 0.29) is 18.9 Å². The molecular formula is C23H21FN2O3. The molecule has 0 fully saturated rings. The molecule has 1 unspecified atom stereocenters. The van der Waals surface area contributed by atoms with Gasteiger partial charge in [0.1, 0.15) is 5.82 Å². The van der Waals surface area contributed by atoms with Gasteiger partial charge in [-0.3, -0.25) is 0 Å². The Bertz CT molecular complexity index is 994. The van der Waals surface area contributed by atoms with Crippen molar-refractivity contribution in [1.29, 1.82) is 0 Å². The number of hydrogen-bond donors (Lipinski definition) is 2. The summed E-state index contributed by atoms with van der Waals surface area (Å²) < 4.78 is 24.2. The summed E-state index contributed by atoms with van der Waals surface area (Å²) in [6, 6.07) is 21.0. The van der Waals surface area contributed by atoms with Gasteiger partial charge in [0, 0.05) is 11.7 Å². The van der Waals surface area contributed by atoms with Gasteiger partial charge in [-0.05, 0) is 54.3 Å². The molecule has 3 aromatic rings. The first-order valence-electron chi connectivity index (χ1n) is 9.41. The molecule has 0 saturated heterocycles. The number of urea groups is 1. The maximum atomic E-state index is 13.4. The molecule has 6 heteroatoms. The first kappa shape index (κ1) is 18.8. The summed E-state index contributed by atoms with van der Waals surface area (Å²) in [6.45, 7) is 0.223. The second kappa shape index (κ2) is 8.65. The molecule has 3 aromatic carbocycles. The van der Waals surface area contributed by atoms with E-state index < -0.39 is 5.82 Å². The van der Waals surface area contributed by atoms with Gasteiger partial charge in [0.2, 0.25) is 6.79 Å². The summed E-state index contributed by atoms with van der Waals surface area (Å²) in [6.07, 6.45) is 1.27. The number of fused-ring (bicyclic) bond motifs is 1. The number of anilines is 1. The number of ether oxygens (including phenoxy) is 2. The lowest BCUT2D eigenvalue weighted by molar-refractivity contribution is 0.174. The third-order valence-corrected chi connectivity index (χ3v) is 4.66. The van der Waals surface area contributed by atoms with E-state index in [0.717, 1.165) is 16.9 Å². The number of benzene rings is 3. The highest BCUT2D eigenvalue weighted by Gasteiger charge is 2.18. The fraction of sp³-hybridized carbons (Fsp3) is 0.174. The minimum atomic E-state index is -0.399. The predicted octanol–water partition coefficient (Wildman–Crippen LogP) is 4.53. The standard InChI is InChI=1S/C23H21FN2O3/c24-18-7-4-8-19(14-18)25-23(27)26-20(11-16-5-2-1-3-6-16)12-17-9-10-21-22(13-17)29-15-28-21/h1-10,13-14,20H,11-12,15H2,(H2,25,26,27). The minimum absolute atomic E-state index is 0.161. The lowest BCUT2D eigenvalue weighted by Crippen LogP contribution is -2.40. The monoisotopic (exact) mass is 392 g/mol. The van der Waals surface area contributed by atoms with Crippen LogP contribution >= 0.6 is 0 Å². The van der Waals surface area contributed by atoms with Gasteiger partial charge in [-0.15, -0.1) is 0 Å². The van der Waals surface area contributed by atoms with E-state index in [1.807, 2.05) is 48.5 Å². The van der Waals surface area contributed by atoms with Gasteiger partial charge in [-0.2, -0.15) is 0 Å². The van der Waals surface area contributed by atoms with Crippen molar-refractivity contribution < 1.29 is 18.7 Å². The zero-order valence-electron chi connectivity index (χ0n) is 15.7. The highest BCUT2D eigenvalue weighted by Crippen LogP contribution is 2.32. The maximum absolute atomic E-state index is 13.4. The van der Waals surface area contributed by atoms with Crippen LogP contribution in [-0.2, 0) is 12.8 Å². The Labute approximate surface area is 168 Å². The quantitative estimate of drug-likeness (QED) is 0.648. The smallest absolute Gasteiger partial charge is 0.319 e. The molecule has 29 heavy (non-hydrogen) atoms. The molecule has 5 nitrogen and oxygen atoms in total. The molecule has 0 aliphatic carbocycles. The Kier molecular flexibility index (Phi) is 5.61. The zero-order valence-corrected chi connectivity index (χ0v) is 15.7. The van der Waals surface area contributed by atoms with E-state index in [9.17, 15) is 9.18 Å². The summed E-state index contributed by atoms with van der Waals surface area (Å²) in [5, 5.41) is 5.70. The molecular weight excluding hydrogens is 371 g/mol. The van der Waals surface area contributed by atoms with Crippen molar-refractivity contribution in [3.05, 3.63) is 89.7 Å². The number of nitrogens with one attached hydrogen (secondary N) is 2. The van der Waals surface area contributed by atoms with Crippen LogP contribution in [0.4, 0.5) is 14.9 Å². The van der Waals surface area contributed by atoms with E-state index in [2.05, 4.69) is 10.6 Å². The van der Waals surface area contributed by atoms with Gasteiger partial charge in [-0.25, -0.2) is 9.18 Å². The normalized spacial score (nSPS) is 13.0. The second-order valence-electron chi connectivity index (χ2n) is 6.89. The summed E-state index contributed by atoms with van der Waals surface area (Å²) in [7, 11) is 0. The number of hydrogen-bond acceptors (Lipinski definition) is 3. The predicted molar refractivity (Wildman–Crippen MR) is 109 cm³/mol. The van der Waals surface area contributed by atoms with Gasteiger partial charge in [0.25, 0.3) is 0 Å². The molecule has 0 bridgehead atoms. The highest BCUT2D eigenvalue weighted by atomic mass is 19.1. The molecule has 4 rings (SSSR count). The molecule has 1 heterocycles. The van der Waals surface area contributed by atoms with Gasteiger partial charge in [0.05, 0.1) is 0 Å². The molecule has 2 amide bonds. The first-order chi connectivity index (χ1) is 14.2. The van der Waals surface area contributed by atoms with Crippen LogP contribution in [0.2, 0.25) is 0 Å². The van der Waals surface area contributed by atoms with Crippen LogP contribution in [0.15, 0.2) is 72.8 Å². The van der Waals surface area contributed by atoms with Crippen LogP contribution in [-0.4, -0.2) is 18.9 Å². The number of rotatable bonds is 6. The van der Waals surface area contributed by atoms with Crippen LogP contribution in [0.5, 0.6) is 11.5 Å². The second-order valence-corrected chi connectivity index (χ2v) is 6.89. The Hall–Kier alpha value is -3.54. The zero-order chi connectivity index (χ0) is 20.1. The lowest BCUT2D eigenvalue weighted by Gasteiger charge is -2.20. The van der Waals surface area contributed by atoms with Crippen molar-refractivity contribution in [2.75, 3.05) is 12.1 Å². The third kappa shape index (κ3) is 5.04. The molecule has 0 spiro atoms. The summed E-state index contributed by atoms with van der Waals surface area (Å²) in [5.41, 5.74) is 2.55. The van der Waals surface area contributed by atoms with E-state index in [1.54, 1.807) is 12.1 Å². The fourth-order valence-electron chi connectivity index (χ4n) is 3.34. The Morgan fingerprint density at radius 3 is 2.52 bits per heavy atom. The van der Waals surface area contributed by atoms with Crippen molar-refractivity contribution in [3.63, 3.8) is 0 Å². The molecule has 148 valence electrons. The van der Waals surface area contributed by atoms with Gasteiger partial charge in [-0.1, -0.05) is 42.5 Å². The average molecular weight is 392 g/mol. The lowest BCUT2D eigenvalue weighted by atomic mass is 9.98. The van der Waals surface area contributed by atoms with Gasteiger partial charge in [0.15, 0.2) is 11.5 Å². The molecule has 1 aliphatic rings. The van der Waals surface area contributed by atoms with Crippen LogP contribution in [0.1, 0.15) is 11.1 Å². The third-order valence-electron chi connectivity index (χ3n) is 4.66. The van der Waals surface area contributed by atoms with Crippen molar-refractivity contribution in [2.45, 2.75) is 18.9 Å². The number of halogens is 1. The van der Waals surface area contributed by atoms with Gasteiger partial charge >= 0.3 is 6.03 Å². The van der Waals surface area contributed by atoms with E-state index in [1.165, 1.54) is 12.1 Å². The molecule has 1 atom stereocenters. The molecule has 0 saturated carbocycles. The van der Waals surface area contributed by atoms with E-state index in [4.69, 9.17) is 9.47 Å². The molecule has 2 N–H and O–H groups in total. The van der Waals surface area contributed by atoms with Crippen molar-refractivity contribution >= 4 is 11.7 Å². The molecule has 1 aliphatic heterocycles. The summed E-state index contributed by atoms with van der Waals surface area (Å²) in [4.78, 5) is 12.5. The first-order valence-corrected chi connectivity index (χ1v) is 9.41. The number of amides is 2. The largest absolute Gasteiger partial charge is 0.454 e. The number of carbonyl (C=O) groups excluding carboxylic acids is 1. The molecule has 0 radical (unpaired) electrons. The van der Waals surface area contributed by atoms with Crippen LogP contribution in [0.3, 0.4) is 0 Å². The Morgan fingerprint density at radius 1 is 0.897 bits per heavy atom. The van der Waals surface area contributed by atoms with Crippen molar-refractivity contribution in [3.8, 4) is 11.5 Å². The Balaban J connectivity index is 1.47. The SMILES string of the molecule is O=C(Nc1cccc(F)c1)NC(Cc1ccccc1)Cc1ccc2c(c1)OCO2. The van der Waals surface area contributed by atoms with Crippen LogP contribution < -0.4 is 20.1 Å². The topological polar surface area (TPSA) is 59.6 Å². The van der Waals surface area contributed by atoms with Crippen molar-refractivity contribution in [1.82, 2.24) is 5.32 Å². The molecule has 0 aromatic heterocycles. The van der Waals surface area contributed by atoms with Crippen LogP contribution in [0, 0.1) is 5.82 Å². The summed E-state index contributed by atoms with van der Waals surface area (Å²) in [5.74, 6) is 1.04. The highest BCUT2D eigenvalue weighted by molar-refractivity contribution is 5.89. The fourth-order valence-corrected chi connectivity index (χ4v) is 3.34.